The Balaban J connectivity index is 1.53. The normalized spacial score (nSPS) is 23.6. The van der Waals surface area contributed by atoms with E-state index in [-0.39, 0.29) is 29.6 Å². The van der Waals surface area contributed by atoms with E-state index in [1.165, 1.54) is 12.1 Å². The summed E-state index contributed by atoms with van der Waals surface area (Å²) in [6, 6.07) is 17.2. The van der Waals surface area contributed by atoms with E-state index in [2.05, 4.69) is 0 Å². The minimum atomic E-state index is -0.619. The third kappa shape index (κ3) is 2.92. The van der Waals surface area contributed by atoms with Crippen LogP contribution in [0.2, 0.25) is 0 Å². The van der Waals surface area contributed by atoms with E-state index in [4.69, 9.17) is 9.41 Å². The Kier molecular flexibility index (Phi) is 4.26. The maximum Gasteiger partial charge on any atom is 0.269 e. The number of aliphatic imine (C=N–C) groups is 1. The summed E-state index contributed by atoms with van der Waals surface area (Å²) in [5.41, 5.74) is 3.95. The largest absolute Gasteiger partial charge is 0.469 e. The highest BCUT2D eigenvalue weighted by atomic mass is 16.6. The number of hydrogen-bond acceptors (Lipinski definition) is 6. The molecule has 7 heteroatoms. The third-order valence-electron chi connectivity index (χ3n) is 6.84. The second-order valence-corrected chi connectivity index (χ2v) is 8.61. The molecule has 1 unspecified atom stereocenters. The molecular weight excluding hydrogens is 420 g/mol. The number of hydrogen-bond donors (Lipinski definition) is 0. The van der Waals surface area contributed by atoms with Gasteiger partial charge in [-0.25, -0.2) is 0 Å². The van der Waals surface area contributed by atoms with Crippen molar-refractivity contribution in [1.82, 2.24) is 0 Å². The lowest BCUT2D eigenvalue weighted by Gasteiger charge is -2.35. The summed E-state index contributed by atoms with van der Waals surface area (Å²) >= 11 is 0. The fourth-order valence-electron chi connectivity index (χ4n) is 5.39. The molecule has 2 heterocycles. The molecule has 0 radical (unpaired) electrons. The zero-order chi connectivity index (χ0) is 22.7. The minimum absolute atomic E-state index is 0.0356. The molecule has 2 aromatic carbocycles. The standard InChI is InChI=1S/C26H18N2O5/c29-20-13-15(21-6-3-11-33-21)12-19-23(20)22(14-7-9-16(10-8-14)28(31)32)24-25(27-19)17-4-1-2-5-18(17)26(24)30/h1-11,15,22,24H,12-13H2/t15-,22-,24?/m0/s1. The first-order valence-corrected chi connectivity index (χ1v) is 10.8. The molecule has 6 rings (SSSR count). The average Bonchev–Trinajstić information content (AvgIpc) is 3.46. The lowest BCUT2D eigenvalue weighted by atomic mass is 9.69. The summed E-state index contributed by atoms with van der Waals surface area (Å²) in [5.74, 6) is -0.651. The predicted molar refractivity (Wildman–Crippen MR) is 119 cm³/mol. The Morgan fingerprint density at radius 3 is 2.36 bits per heavy atom. The molecule has 1 aliphatic heterocycles. The number of carbonyl (C=O) groups is 2. The molecule has 3 aliphatic rings. The number of Topliss-reactive ketones (excluding diaryl/α,β-unsaturated/α-hetero) is 2. The van der Waals surface area contributed by atoms with Crippen molar-refractivity contribution in [3.8, 4) is 0 Å². The van der Waals surface area contributed by atoms with Gasteiger partial charge >= 0.3 is 0 Å². The number of nitrogens with zero attached hydrogens (tertiary/aromatic N) is 2. The Morgan fingerprint density at radius 1 is 0.909 bits per heavy atom. The van der Waals surface area contributed by atoms with E-state index in [1.807, 2.05) is 24.3 Å². The van der Waals surface area contributed by atoms with Crippen LogP contribution in [0, 0.1) is 16.0 Å². The van der Waals surface area contributed by atoms with Gasteiger partial charge < -0.3 is 4.42 Å². The molecule has 7 nitrogen and oxygen atoms in total. The van der Waals surface area contributed by atoms with Gasteiger partial charge in [-0.2, -0.15) is 0 Å². The average molecular weight is 438 g/mol. The second kappa shape index (κ2) is 7.20. The van der Waals surface area contributed by atoms with Gasteiger partial charge in [0.05, 0.1) is 22.8 Å². The summed E-state index contributed by atoms with van der Waals surface area (Å²) in [5, 5.41) is 11.2. The smallest absolute Gasteiger partial charge is 0.269 e. The Bertz CT molecular complexity index is 1380. The fraction of sp³-hybridized carbons (Fsp3) is 0.192. The first-order valence-electron chi connectivity index (χ1n) is 10.8. The van der Waals surface area contributed by atoms with Crippen molar-refractivity contribution in [2.45, 2.75) is 24.7 Å². The molecule has 2 aliphatic carbocycles. The molecule has 0 fully saturated rings. The molecule has 0 spiro atoms. The van der Waals surface area contributed by atoms with E-state index in [0.717, 1.165) is 11.3 Å². The number of benzene rings is 2. The van der Waals surface area contributed by atoms with Crippen LogP contribution in [0.25, 0.3) is 0 Å². The summed E-state index contributed by atoms with van der Waals surface area (Å²) in [4.78, 5) is 42.6. The number of nitro groups is 1. The number of ketones is 2. The molecule has 0 N–H and O–H groups in total. The van der Waals surface area contributed by atoms with Crippen LogP contribution in [0.4, 0.5) is 5.69 Å². The van der Waals surface area contributed by atoms with Gasteiger partial charge in [-0.3, -0.25) is 24.7 Å². The molecule has 162 valence electrons. The van der Waals surface area contributed by atoms with Crippen molar-refractivity contribution in [3.63, 3.8) is 0 Å². The minimum Gasteiger partial charge on any atom is -0.469 e. The molecule has 0 saturated carbocycles. The van der Waals surface area contributed by atoms with Crippen LogP contribution in [0.15, 0.2) is 87.6 Å². The molecule has 33 heavy (non-hydrogen) atoms. The molecule has 0 amide bonds. The van der Waals surface area contributed by atoms with Crippen molar-refractivity contribution >= 4 is 23.0 Å². The second-order valence-electron chi connectivity index (χ2n) is 8.61. The zero-order valence-electron chi connectivity index (χ0n) is 17.4. The highest BCUT2D eigenvalue weighted by Gasteiger charge is 2.49. The van der Waals surface area contributed by atoms with E-state index >= 15 is 0 Å². The number of fused-ring (bicyclic) bond motifs is 3. The Labute approximate surface area is 188 Å². The van der Waals surface area contributed by atoms with E-state index < -0.39 is 16.8 Å². The Morgan fingerprint density at radius 2 is 1.67 bits per heavy atom. The number of furan rings is 1. The number of non-ortho nitro benzene ring substituents is 1. The highest BCUT2D eigenvalue weighted by Crippen LogP contribution is 2.50. The van der Waals surface area contributed by atoms with E-state index in [9.17, 15) is 19.7 Å². The van der Waals surface area contributed by atoms with Crippen molar-refractivity contribution in [2.75, 3.05) is 0 Å². The van der Waals surface area contributed by atoms with Crippen molar-refractivity contribution in [1.29, 1.82) is 0 Å². The van der Waals surface area contributed by atoms with Gasteiger partial charge in [-0.05, 0) is 17.7 Å². The molecule has 1 aromatic heterocycles. The summed E-state index contributed by atoms with van der Waals surface area (Å²) in [7, 11) is 0. The highest BCUT2D eigenvalue weighted by molar-refractivity contribution is 6.30. The van der Waals surface area contributed by atoms with Gasteiger partial charge in [0.15, 0.2) is 11.6 Å². The molecule has 0 bridgehead atoms. The fourth-order valence-corrected chi connectivity index (χ4v) is 5.39. The molecule has 3 aromatic rings. The van der Waals surface area contributed by atoms with Gasteiger partial charge in [0.25, 0.3) is 5.69 Å². The number of nitro benzene ring substituents is 1. The number of rotatable bonds is 3. The third-order valence-corrected chi connectivity index (χ3v) is 6.84. The van der Waals surface area contributed by atoms with Gasteiger partial charge in [0.2, 0.25) is 0 Å². The maximum atomic E-state index is 13.5. The number of carbonyl (C=O) groups excluding carboxylic acids is 2. The number of allylic oxidation sites excluding steroid dienone is 2. The quantitative estimate of drug-likeness (QED) is 0.423. The van der Waals surface area contributed by atoms with Gasteiger partial charge in [-0.1, -0.05) is 36.4 Å². The zero-order valence-corrected chi connectivity index (χ0v) is 17.4. The summed E-state index contributed by atoms with van der Waals surface area (Å²) in [6.45, 7) is 0. The van der Waals surface area contributed by atoms with Crippen molar-refractivity contribution in [2.24, 2.45) is 10.9 Å². The van der Waals surface area contributed by atoms with Crippen LogP contribution in [0.3, 0.4) is 0 Å². The SMILES string of the molecule is O=C1C[C@@H](c2ccco2)CC2=C1[C@H](c1ccc([N+](=O)[O-])cc1)C1C(=O)c3ccccc3C1=N2. The summed E-state index contributed by atoms with van der Waals surface area (Å²) < 4.78 is 5.57. The first kappa shape index (κ1) is 19.5. The van der Waals surface area contributed by atoms with Crippen LogP contribution in [0.1, 0.15) is 51.9 Å². The summed E-state index contributed by atoms with van der Waals surface area (Å²) in [6.07, 6.45) is 2.40. The van der Waals surface area contributed by atoms with Crippen LogP contribution < -0.4 is 0 Å². The van der Waals surface area contributed by atoms with Crippen LogP contribution in [-0.4, -0.2) is 22.2 Å². The molecule has 3 atom stereocenters. The van der Waals surface area contributed by atoms with Crippen LogP contribution in [0.5, 0.6) is 0 Å². The lowest BCUT2D eigenvalue weighted by Crippen LogP contribution is -2.34. The van der Waals surface area contributed by atoms with E-state index in [1.54, 1.807) is 30.5 Å². The van der Waals surface area contributed by atoms with Crippen molar-refractivity contribution < 1.29 is 18.9 Å². The topological polar surface area (TPSA) is 103 Å². The van der Waals surface area contributed by atoms with Crippen LogP contribution in [-0.2, 0) is 4.79 Å². The Hall–Kier alpha value is -4.13. The lowest BCUT2D eigenvalue weighted by molar-refractivity contribution is -0.384. The van der Waals surface area contributed by atoms with Crippen molar-refractivity contribution in [3.05, 3.63) is 111 Å². The van der Waals surface area contributed by atoms with Gasteiger partial charge in [-0.15, -0.1) is 0 Å². The van der Waals surface area contributed by atoms with Crippen LogP contribution >= 0.6 is 0 Å². The first-order chi connectivity index (χ1) is 16.0. The maximum absolute atomic E-state index is 13.5. The van der Waals surface area contributed by atoms with Gasteiger partial charge in [0.1, 0.15) is 5.76 Å². The molecule has 0 saturated heterocycles. The predicted octanol–water partition coefficient (Wildman–Crippen LogP) is 4.99. The van der Waals surface area contributed by atoms with Gasteiger partial charge in [0, 0.05) is 59.2 Å². The van der Waals surface area contributed by atoms with E-state index in [0.29, 0.717) is 34.5 Å². The monoisotopic (exact) mass is 438 g/mol. The molecular formula is C26H18N2O5.